The summed E-state index contributed by atoms with van der Waals surface area (Å²) >= 11 is 0. The number of halogens is 8. The molecule has 2 aromatic rings. The molecule has 0 aliphatic carbocycles. The van der Waals surface area contributed by atoms with E-state index in [0.29, 0.717) is 64.6 Å². The number of alkyl halides is 6. The zero-order valence-electron chi connectivity index (χ0n) is 25.8. The van der Waals surface area contributed by atoms with Crippen LogP contribution in [0.4, 0.5) is 26.3 Å². The quantitative estimate of drug-likeness (QED) is 0.266. The number of ether oxygens (including phenoxy) is 2. The summed E-state index contributed by atoms with van der Waals surface area (Å²) in [5.41, 5.74) is -0.617. The minimum Gasteiger partial charge on any atom is -0.383 e. The Morgan fingerprint density at radius 1 is 0.891 bits per heavy atom. The maximum absolute atomic E-state index is 13.6. The number of methoxy groups -OCH3 is 1. The molecular formula is C32H39Cl2F6N3O3. The van der Waals surface area contributed by atoms with Crippen molar-refractivity contribution in [1.29, 1.82) is 0 Å². The lowest BCUT2D eigenvalue weighted by Gasteiger charge is -2.41. The highest BCUT2D eigenvalue weighted by Gasteiger charge is 2.39. The second kappa shape index (κ2) is 17.0. The number of piperazine rings is 1. The number of hydrogen-bond acceptors (Lipinski definition) is 5. The molecule has 0 radical (unpaired) electrons. The maximum Gasteiger partial charge on any atom is 0.416 e. The van der Waals surface area contributed by atoms with Crippen LogP contribution in [0, 0.1) is 25.7 Å². The lowest BCUT2D eigenvalue weighted by molar-refractivity contribution is -0.143. The Bertz CT molecular complexity index is 1350. The fraction of sp³-hybridized carbons (Fsp3) is 0.531. The van der Waals surface area contributed by atoms with Gasteiger partial charge in [0, 0.05) is 44.9 Å². The van der Waals surface area contributed by atoms with E-state index in [1.54, 1.807) is 7.11 Å². The third-order valence-electron chi connectivity index (χ3n) is 8.12. The van der Waals surface area contributed by atoms with Crippen molar-refractivity contribution in [2.24, 2.45) is 0 Å². The van der Waals surface area contributed by atoms with Gasteiger partial charge in [0.2, 0.25) is 0 Å². The molecule has 0 aromatic heterocycles. The van der Waals surface area contributed by atoms with E-state index in [2.05, 4.69) is 21.6 Å². The van der Waals surface area contributed by atoms with Crippen molar-refractivity contribution >= 4 is 30.7 Å². The molecule has 2 saturated heterocycles. The number of morpholine rings is 1. The van der Waals surface area contributed by atoms with Gasteiger partial charge in [0.1, 0.15) is 0 Å². The fourth-order valence-corrected chi connectivity index (χ4v) is 5.52. The zero-order chi connectivity index (χ0) is 32.1. The monoisotopic (exact) mass is 697 g/mol. The van der Waals surface area contributed by atoms with Crippen molar-refractivity contribution in [2.45, 2.75) is 44.7 Å². The summed E-state index contributed by atoms with van der Waals surface area (Å²) in [7, 11) is 1.64. The van der Waals surface area contributed by atoms with Crippen LogP contribution in [0.5, 0.6) is 0 Å². The van der Waals surface area contributed by atoms with Crippen LogP contribution in [-0.2, 0) is 28.2 Å². The smallest absolute Gasteiger partial charge is 0.383 e. The van der Waals surface area contributed by atoms with Gasteiger partial charge in [-0.05, 0) is 55.2 Å². The van der Waals surface area contributed by atoms with Gasteiger partial charge in [0.15, 0.2) is 0 Å². The first-order valence-electron chi connectivity index (χ1n) is 14.4. The van der Waals surface area contributed by atoms with E-state index in [1.807, 2.05) is 32.0 Å². The summed E-state index contributed by atoms with van der Waals surface area (Å²) in [6, 6.07) is 6.54. The fourth-order valence-electron chi connectivity index (χ4n) is 5.52. The second-order valence-electron chi connectivity index (χ2n) is 11.3. The summed E-state index contributed by atoms with van der Waals surface area (Å²) in [5, 5.41) is 0. The SMILES string of the molecule is COC[C@H]1COCCN1CC#CCN1CCN(C(=O)c2cc(C(F)(F)F)cc(C(F)(F)F)c2)[C@H](Cc2ccc(C)c(C)c2)C1.Cl.Cl. The Balaban J connectivity index is 0.00000368. The van der Waals surface area contributed by atoms with Gasteiger partial charge in [-0.15, -0.1) is 24.8 Å². The number of carbonyl (C=O) groups is 1. The summed E-state index contributed by atoms with van der Waals surface area (Å²) in [6.07, 6.45) is -9.71. The first-order chi connectivity index (χ1) is 20.8. The van der Waals surface area contributed by atoms with E-state index >= 15 is 0 Å². The highest BCUT2D eigenvalue weighted by molar-refractivity contribution is 5.95. The van der Waals surface area contributed by atoms with Crippen LogP contribution >= 0.6 is 24.8 Å². The van der Waals surface area contributed by atoms with E-state index in [-0.39, 0.29) is 43.5 Å². The molecule has 0 N–H and O–H groups in total. The second-order valence-corrected chi connectivity index (χ2v) is 11.3. The third-order valence-corrected chi connectivity index (χ3v) is 8.12. The lowest BCUT2D eigenvalue weighted by atomic mass is 9.97. The highest BCUT2D eigenvalue weighted by atomic mass is 35.5. The molecule has 0 saturated carbocycles. The predicted octanol–water partition coefficient (Wildman–Crippen LogP) is 5.90. The number of aryl methyl sites for hydroxylation is 2. The van der Waals surface area contributed by atoms with Crippen LogP contribution in [0.3, 0.4) is 0 Å². The van der Waals surface area contributed by atoms with E-state index in [0.717, 1.165) is 23.2 Å². The van der Waals surface area contributed by atoms with Crippen molar-refractivity contribution in [3.05, 3.63) is 69.8 Å². The molecule has 2 aromatic carbocycles. The predicted molar refractivity (Wildman–Crippen MR) is 168 cm³/mol. The summed E-state index contributed by atoms with van der Waals surface area (Å²) in [5.74, 6) is 5.52. The number of nitrogens with zero attached hydrogens (tertiary/aromatic N) is 3. The van der Waals surface area contributed by atoms with E-state index in [4.69, 9.17) is 9.47 Å². The van der Waals surface area contributed by atoms with Crippen molar-refractivity contribution in [3.63, 3.8) is 0 Å². The molecule has 0 bridgehead atoms. The first-order valence-corrected chi connectivity index (χ1v) is 14.4. The molecule has 2 atom stereocenters. The van der Waals surface area contributed by atoms with Crippen LogP contribution in [0.1, 0.15) is 38.2 Å². The summed E-state index contributed by atoms with van der Waals surface area (Å²) in [4.78, 5) is 19.3. The summed E-state index contributed by atoms with van der Waals surface area (Å²) < 4.78 is 92.0. The highest BCUT2D eigenvalue weighted by Crippen LogP contribution is 2.37. The molecule has 1 amide bonds. The van der Waals surface area contributed by atoms with Gasteiger partial charge < -0.3 is 14.4 Å². The van der Waals surface area contributed by atoms with Gasteiger partial charge in [0.25, 0.3) is 5.91 Å². The van der Waals surface area contributed by atoms with Gasteiger partial charge in [-0.1, -0.05) is 30.0 Å². The van der Waals surface area contributed by atoms with Crippen molar-refractivity contribution in [1.82, 2.24) is 14.7 Å². The number of benzene rings is 2. The van der Waals surface area contributed by atoms with Crippen LogP contribution in [0.15, 0.2) is 36.4 Å². The largest absolute Gasteiger partial charge is 0.416 e. The van der Waals surface area contributed by atoms with Gasteiger partial charge in [-0.3, -0.25) is 14.6 Å². The third kappa shape index (κ3) is 10.5. The summed E-state index contributed by atoms with van der Waals surface area (Å²) in [6.45, 7) is 8.21. The molecule has 256 valence electrons. The molecular weight excluding hydrogens is 659 g/mol. The molecule has 2 fully saturated rings. The van der Waals surface area contributed by atoms with Crippen LogP contribution in [0.2, 0.25) is 0 Å². The Morgan fingerprint density at radius 3 is 2.15 bits per heavy atom. The Kier molecular flexibility index (Phi) is 14.7. The van der Waals surface area contributed by atoms with Crippen LogP contribution < -0.4 is 0 Å². The molecule has 6 nitrogen and oxygen atoms in total. The molecule has 14 heteroatoms. The van der Waals surface area contributed by atoms with E-state index in [9.17, 15) is 31.1 Å². The number of carbonyl (C=O) groups excluding carboxylic acids is 1. The van der Waals surface area contributed by atoms with Crippen molar-refractivity contribution in [3.8, 4) is 11.8 Å². The zero-order valence-corrected chi connectivity index (χ0v) is 27.5. The molecule has 2 aliphatic rings. The minimum absolute atomic E-state index is 0. The molecule has 0 spiro atoms. The van der Waals surface area contributed by atoms with Crippen molar-refractivity contribution in [2.75, 3.05) is 66.2 Å². The number of hydrogen-bond donors (Lipinski definition) is 0. The Labute approximate surface area is 278 Å². The molecule has 2 heterocycles. The lowest BCUT2D eigenvalue weighted by Crippen LogP contribution is -2.56. The van der Waals surface area contributed by atoms with E-state index < -0.39 is 41.0 Å². The molecule has 2 aliphatic heterocycles. The average molecular weight is 699 g/mol. The first kappa shape index (κ1) is 39.6. The van der Waals surface area contributed by atoms with Gasteiger partial charge in [-0.2, -0.15) is 26.3 Å². The van der Waals surface area contributed by atoms with Crippen LogP contribution in [0.25, 0.3) is 0 Å². The normalized spacial score (nSPS) is 19.5. The Morgan fingerprint density at radius 2 is 1.54 bits per heavy atom. The minimum atomic E-state index is -5.04. The maximum atomic E-state index is 13.6. The molecule has 4 rings (SSSR count). The van der Waals surface area contributed by atoms with E-state index in [1.165, 1.54) is 4.90 Å². The topological polar surface area (TPSA) is 45.3 Å². The van der Waals surface area contributed by atoms with Gasteiger partial charge in [-0.25, -0.2) is 0 Å². The van der Waals surface area contributed by atoms with Gasteiger partial charge in [0.05, 0.1) is 50.1 Å². The van der Waals surface area contributed by atoms with Gasteiger partial charge >= 0.3 is 12.4 Å². The molecule has 0 unspecified atom stereocenters. The standard InChI is InChI=1S/C32H37F6N3O3.2ClH/c1-22-6-7-24(14-23(22)2)15-28-19-39(8-4-5-9-40-12-13-44-21-29(40)20-43-3)10-11-41(28)30(42)25-16-26(31(33,34)35)18-27(17-25)32(36,37)38;;/h6-7,14,16-18,28-29H,8-13,15,19-21H2,1-3H3;2*1H/t28-,29+;;/m1../s1. The van der Waals surface area contributed by atoms with Crippen molar-refractivity contribution < 1.29 is 40.6 Å². The van der Waals surface area contributed by atoms with Crippen LogP contribution in [-0.4, -0.2) is 98.9 Å². The number of rotatable bonds is 7. The average Bonchev–Trinajstić information content (AvgIpc) is 2.97. The number of amides is 1. The Hall–Kier alpha value is -2.53. The molecule has 46 heavy (non-hydrogen) atoms.